The number of rotatable bonds is 6. The van der Waals surface area contributed by atoms with E-state index in [0.717, 1.165) is 12.8 Å². The minimum Gasteiger partial charge on any atom is -0.479 e. The van der Waals surface area contributed by atoms with Crippen molar-refractivity contribution in [2.45, 2.75) is 52.1 Å². The quantitative estimate of drug-likeness (QED) is 0.670. The largest absolute Gasteiger partial charge is 0.479 e. The highest BCUT2D eigenvalue weighted by Crippen LogP contribution is 2.27. The Hall–Kier alpha value is -0.570. The Morgan fingerprint density at radius 3 is 2.23 bits per heavy atom. The van der Waals surface area contributed by atoms with Gasteiger partial charge < -0.3 is 10.2 Å². The molecule has 0 bridgehead atoms. The van der Waals surface area contributed by atoms with E-state index >= 15 is 0 Å². The van der Waals surface area contributed by atoms with Crippen LogP contribution in [0.1, 0.15) is 46.5 Å². The highest BCUT2D eigenvalue weighted by Gasteiger charge is 2.39. The zero-order valence-corrected chi connectivity index (χ0v) is 8.71. The summed E-state index contributed by atoms with van der Waals surface area (Å²) in [6.07, 6.45) is 2.68. The van der Waals surface area contributed by atoms with Gasteiger partial charge in [-0.05, 0) is 18.8 Å². The summed E-state index contributed by atoms with van der Waals surface area (Å²) in [5.41, 5.74) is -1.52. The Balaban J connectivity index is 4.47. The Labute approximate surface area is 79.8 Å². The van der Waals surface area contributed by atoms with Gasteiger partial charge in [0.15, 0.2) is 5.60 Å². The molecule has 0 spiro atoms. The first-order valence-corrected chi connectivity index (χ1v) is 4.94. The van der Waals surface area contributed by atoms with E-state index < -0.39 is 11.6 Å². The predicted molar refractivity (Wildman–Crippen MR) is 51.6 cm³/mol. The van der Waals surface area contributed by atoms with Crippen LogP contribution in [0.3, 0.4) is 0 Å². The molecule has 0 aromatic rings. The molecule has 2 N–H and O–H groups in total. The van der Waals surface area contributed by atoms with Crippen LogP contribution in [0, 0.1) is 5.92 Å². The summed E-state index contributed by atoms with van der Waals surface area (Å²) in [5.74, 6) is -1.26. The van der Waals surface area contributed by atoms with Crippen molar-refractivity contribution in [3.05, 3.63) is 0 Å². The summed E-state index contributed by atoms with van der Waals surface area (Å²) in [6, 6.07) is 0. The number of carboxylic acids is 1. The molecule has 3 heteroatoms. The SMILES string of the molecule is CCCC(C)C(O)(CCC)C(=O)O. The van der Waals surface area contributed by atoms with Crippen LogP contribution in [0.4, 0.5) is 0 Å². The summed E-state index contributed by atoms with van der Waals surface area (Å²) < 4.78 is 0. The van der Waals surface area contributed by atoms with E-state index in [1.165, 1.54) is 0 Å². The van der Waals surface area contributed by atoms with Gasteiger partial charge in [0.25, 0.3) is 0 Å². The lowest BCUT2D eigenvalue weighted by molar-refractivity contribution is -0.165. The molecule has 78 valence electrons. The molecule has 2 atom stereocenters. The second-order valence-corrected chi connectivity index (χ2v) is 3.67. The minimum absolute atomic E-state index is 0.171. The number of carbonyl (C=O) groups is 1. The molecular formula is C10H20O3. The Morgan fingerprint density at radius 1 is 1.38 bits per heavy atom. The lowest BCUT2D eigenvalue weighted by Crippen LogP contribution is -2.44. The van der Waals surface area contributed by atoms with Gasteiger partial charge in [0.2, 0.25) is 0 Å². The monoisotopic (exact) mass is 188 g/mol. The van der Waals surface area contributed by atoms with Gasteiger partial charge in [-0.25, -0.2) is 4.79 Å². The topological polar surface area (TPSA) is 57.5 Å². The van der Waals surface area contributed by atoms with E-state index in [4.69, 9.17) is 5.11 Å². The van der Waals surface area contributed by atoms with E-state index in [9.17, 15) is 9.90 Å². The summed E-state index contributed by atoms with van der Waals surface area (Å²) in [6.45, 7) is 5.67. The van der Waals surface area contributed by atoms with Gasteiger partial charge in [0.1, 0.15) is 0 Å². The maximum Gasteiger partial charge on any atom is 0.335 e. The van der Waals surface area contributed by atoms with Crippen molar-refractivity contribution in [1.82, 2.24) is 0 Å². The van der Waals surface area contributed by atoms with Crippen molar-refractivity contribution in [3.63, 3.8) is 0 Å². The Bertz CT molecular complexity index is 168. The van der Waals surface area contributed by atoms with Crippen LogP contribution in [0.5, 0.6) is 0 Å². The van der Waals surface area contributed by atoms with Gasteiger partial charge >= 0.3 is 5.97 Å². The molecule has 0 fully saturated rings. The normalized spacial score (nSPS) is 17.8. The van der Waals surface area contributed by atoms with Gasteiger partial charge in [-0.2, -0.15) is 0 Å². The van der Waals surface area contributed by atoms with E-state index in [0.29, 0.717) is 12.8 Å². The molecule has 0 amide bonds. The van der Waals surface area contributed by atoms with E-state index in [2.05, 4.69) is 0 Å². The fourth-order valence-corrected chi connectivity index (χ4v) is 1.62. The van der Waals surface area contributed by atoms with Crippen molar-refractivity contribution in [2.75, 3.05) is 0 Å². The lowest BCUT2D eigenvalue weighted by atomic mass is 9.82. The predicted octanol–water partition coefficient (Wildman–Crippen LogP) is 2.04. The summed E-state index contributed by atoms with van der Waals surface area (Å²) in [5, 5.41) is 18.8. The van der Waals surface area contributed by atoms with Crippen LogP contribution in [0.25, 0.3) is 0 Å². The van der Waals surface area contributed by atoms with E-state index in [1.54, 1.807) is 6.92 Å². The average Bonchev–Trinajstić information content (AvgIpc) is 2.04. The third-order valence-electron chi connectivity index (χ3n) is 2.54. The molecule has 3 nitrogen and oxygen atoms in total. The fourth-order valence-electron chi connectivity index (χ4n) is 1.62. The molecule has 0 saturated carbocycles. The van der Waals surface area contributed by atoms with Gasteiger partial charge in [-0.15, -0.1) is 0 Å². The van der Waals surface area contributed by atoms with Gasteiger partial charge in [-0.3, -0.25) is 0 Å². The zero-order chi connectivity index (χ0) is 10.5. The van der Waals surface area contributed by atoms with Crippen LogP contribution in [-0.4, -0.2) is 21.8 Å². The first-order chi connectivity index (χ1) is 5.99. The van der Waals surface area contributed by atoms with Crippen molar-refractivity contribution in [1.29, 1.82) is 0 Å². The molecule has 0 aromatic heterocycles. The van der Waals surface area contributed by atoms with Crippen molar-refractivity contribution in [2.24, 2.45) is 5.92 Å². The summed E-state index contributed by atoms with van der Waals surface area (Å²) in [4.78, 5) is 10.9. The zero-order valence-electron chi connectivity index (χ0n) is 8.71. The molecule has 0 aliphatic heterocycles. The summed E-state index contributed by atoms with van der Waals surface area (Å²) in [7, 11) is 0. The maximum atomic E-state index is 10.9. The molecule has 13 heavy (non-hydrogen) atoms. The van der Waals surface area contributed by atoms with Gasteiger partial charge in [0, 0.05) is 0 Å². The van der Waals surface area contributed by atoms with Crippen molar-refractivity contribution >= 4 is 5.97 Å². The van der Waals surface area contributed by atoms with E-state index in [-0.39, 0.29) is 5.92 Å². The van der Waals surface area contributed by atoms with Crippen molar-refractivity contribution in [3.8, 4) is 0 Å². The smallest absolute Gasteiger partial charge is 0.335 e. The average molecular weight is 188 g/mol. The first kappa shape index (κ1) is 12.4. The van der Waals surface area contributed by atoms with E-state index in [1.807, 2.05) is 13.8 Å². The number of hydrogen-bond acceptors (Lipinski definition) is 2. The summed E-state index contributed by atoms with van der Waals surface area (Å²) >= 11 is 0. The van der Waals surface area contributed by atoms with Gasteiger partial charge in [-0.1, -0.05) is 33.6 Å². The molecular weight excluding hydrogens is 168 g/mol. The Kier molecular flexibility index (Phi) is 4.99. The number of carboxylic acid groups (broad SMARTS) is 1. The number of hydrogen-bond donors (Lipinski definition) is 2. The van der Waals surface area contributed by atoms with Crippen LogP contribution >= 0.6 is 0 Å². The van der Waals surface area contributed by atoms with Gasteiger partial charge in [0.05, 0.1) is 0 Å². The number of aliphatic hydroxyl groups is 1. The molecule has 0 aliphatic rings. The fraction of sp³-hybridized carbons (Fsp3) is 0.900. The highest BCUT2D eigenvalue weighted by molar-refractivity contribution is 5.77. The number of aliphatic carboxylic acids is 1. The second kappa shape index (κ2) is 5.22. The first-order valence-electron chi connectivity index (χ1n) is 4.94. The third-order valence-corrected chi connectivity index (χ3v) is 2.54. The highest BCUT2D eigenvalue weighted by atomic mass is 16.4. The van der Waals surface area contributed by atoms with Crippen LogP contribution in [0.2, 0.25) is 0 Å². The molecule has 0 heterocycles. The van der Waals surface area contributed by atoms with Crippen molar-refractivity contribution < 1.29 is 15.0 Å². The molecule has 0 radical (unpaired) electrons. The molecule has 2 unspecified atom stereocenters. The standard InChI is InChI=1S/C10H20O3/c1-4-6-8(3)10(13,7-5-2)9(11)12/h8,13H,4-7H2,1-3H3,(H,11,12). The third kappa shape index (κ3) is 2.99. The maximum absolute atomic E-state index is 10.9. The molecule has 0 rings (SSSR count). The molecule has 0 aromatic carbocycles. The van der Waals surface area contributed by atoms with Crippen LogP contribution in [-0.2, 0) is 4.79 Å². The second-order valence-electron chi connectivity index (χ2n) is 3.67. The van der Waals surface area contributed by atoms with Crippen LogP contribution < -0.4 is 0 Å². The lowest BCUT2D eigenvalue weighted by Gasteiger charge is -2.29. The Morgan fingerprint density at radius 2 is 1.92 bits per heavy atom. The minimum atomic E-state index is -1.52. The molecule has 0 aliphatic carbocycles. The van der Waals surface area contributed by atoms with Crippen LogP contribution in [0.15, 0.2) is 0 Å². The molecule has 0 saturated heterocycles.